The molecular weight excluding hydrogens is 222 g/mol. The Hall–Kier alpha value is -1.30. The third kappa shape index (κ3) is 12.6. The van der Waals surface area contributed by atoms with E-state index in [9.17, 15) is 9.59 Å². The summed E-state index contributed by atoms with van der Waals surface area (Å²) >= 11 is 0. The van der Waals surface area contributed by atoms with Crippen LogP contribution in [0.5, 0.6) is 0 Å². The number of ether oxygens (including phenoxy) is 1. The van der Waals surface area contributed by atoms with Crippen molar-refractivity contribution in [3.05, 3.63) is 0 Å². The summed E-state index contributed by atoms with van der Waals surface area (Å²) in [5.41, 5.74) is 4.49. The molecule has 0 aliphatic heterocycles. The third-order valence-corrected chi connectivity index (χ3v) is 1.75. The van der Waals surface area contributed by atoms with Gasteiger partial charge in [0.2, 0.25) is 5.91 Å². The minimum Gasteiger partial charge on any atom is -0.444 e. The highest BCUT2D eigenvalue weighted by Gasteiger charge is 2.15. The van der Waals surface area contributed by atoms with E-state index < -0.39 is 11.7 Å². The van der Waals surface area contributed by atoms with Gasteiger partial charge in [-0.2, -0.15) is 0 Å². The SMILES string of the molecule is CC(C)(C)OC(=O)NCCCCNCC(N)=O. The van der Waals surface area contributed by atoms with E-state index in [-0.39, 0.29) is 12.5 Å². The lowest BCUT2D eigenvalue weighted by Gasteiger charge is -2.19. The first-order valence-corrected chi connectivity index (χ1v) is 5.77. The first-order valence-electron chi connectivity index (χ1n) is 5.77. The Morgan fingerprint density at radius 3 is 2.29 bits per heavy atom. The maximum atomic E-state index is 11.2. The monoisotopic (exact) mass is 245 g/mol. The smallest absolute Gasteiger partial charge is 0.407 e. The third-order valence-electron chi connectivity index (χ3n) is 1.75. The van der Waals surface area contributed by atoms with Gasteiger partial charge in [-0.15, -0.1) is 0 Å². The molecule has 0 radical (unpaired) electrons. The van der Waals surface area contributed by atoms with E-state index >= 15 is 0 Å². The number of alkyl carbamates (subject to hydrolysis) is 1. The molecule has 100 valence electrons. The summed E-state index contributed by atoms with van der Waals surface area (Å²) in [5, 5.41) is 5.55. The Kier molecular flexibility index (Phi) is 7.29. The molecular formula is C11H23N3O3. The number of rotatable bonds is 7. The van der Waals surface area contributed by atoms with Crippen LogP contribution in [0.3, 0.4) is 0 Å². The fourth-order valence-electron chi connectivity index (χ4n) is 1.09. The lowest BCUT2D eigenvalue weighted by Crippen LogP contribution is -2.33. The predicted octanol–water partition coefficient (Wildman–Crippen LogP) is 0.366. The Balaban J connectivity index is 3.34. The maximum Gasteiger partial charge on any atom is 0.407 e. The summed E-state index contributed by atoms with van der Waals surface area (Å²) in [6.07, 6.45) is 1.29. The Morgan fingerprint density at radius 1 is 1.18 bits per heavy atom. The van der Waals surface area contributed by atoms with Gasteiger partial charge in [-0.05, 0) is 40.2 Å². The lowest BCUT2D eigenvalue weighted by molar-refractivity contribution is -0.117. The number of amides is 2. The number of hydrogen-bond donors (Lipinski definition) is 3. The van der Waals surface area contributed by atoms with E-state index in [2.05, 4.69) is 10.6 Å². The van der Waals surface area contributed by atoms with E-state index in [4.69, 9.17) is 10.5 Å². The molecule has 0 rings (SSSR count). The topological polar surface area (TPSA) is 93.4 Å². The summed E-state index contributed by atoms with van der Waals surface area (Å²) in [5.74, 6) is -0.364. The normalized spacial score (nSPS) is 11.0. The van der Waals surface area contributed by atoms with Crippen LogP contribution in [-0.2, 0) is 9.53 Å². The summed E-state index contributed by atoms with van der Waals surface area (Å²) in [6.45, 7) is 6.92. The van der Waals surface area contributed by atoms with Gasteiger partial charge in [-0.25, -0.2) is 4.79 Å². The molecule has 0 aromatic rings. The first-order chi connectivity index (χ1) is 7.81. The minimum atomic E-state index is -0.465. The molecule has 6 nitrogen and oxygen atoms in total. The van der Waals surface area contributed by atoms with Gasteiger partial charge in [0.15, 0.2) is 0 Å². The van der Waals surface area contributed by atoms with E-state index in [0.717, 1.165) is 12.8 Å². The molecule has 0 bridgehead atoms. The number of primary amides is 1. The molecule has 0 unspecified atom stereocenters. The number of nitrogens with one attached hydrogen (secondary N) is 2. The van der Waals surface area contributed by atoms with Crippen molar-refractivity contribution in [3.8, 4) is 0 Å². The average molecular weight is 245 g/mol. The summed E-state index contributed by atoms with van der Waals surface area (Å²) in [6, 6.07) is 0. The second-order valence-electron chi connectivity index (χ2n) is 4.78. The molecule has 0 spiro atoms. The van der Waals surface area contributed by atoms with Gasteiger partial charge in [0.25, 0.3) is 0 Å². The highest BCUT2D eigenvalue weighted by Crippen LogP contribution is 2.06. The Labute approximate surface area is 102 Å². The van der Waals surface area contributed by atoms with Crippen molar-refractivity contribution < 1.29 is 14.3 Å². The molecule has 0 aromatic heterocycles. The van der Waals surface area contributed by atoms with Crippen molar-refractivity contribution in [3.63, 3.8) is 0 Å². The van der Waals surface area contributed by atoms with Crippen LogP contribution in [0.2, 0.25) is 0 Å². The number of nitrogens with two attached hydrogens (primary N) is 1. The number of carbonyl (C=O) groups excluding carboxylic acids is 2. The van der Waals surface area contributed by atoms with Gasteiger partial charge in [0.1, 0.15) is 5.60 Å². The number of unbranched alkanes of at least 4 members (excludes halogenated alkanes) is 1. The standard InChI is InChI=1S/C11H23N3O3/c1-11(2,3)17-10(16)14-7-5-4-6-13-8-9(12)15/h13H,4-8H2,1-3H3,(H2,12,15)(H,14,16). The quantitative estimate of drug-likeness (QED) is 0.565. The highest BCUT2D eigenvalue weighted by molar-refractivity contribution is 5.75. The molecule has 0 aromatic carbocycles. The van der Waals surface area contributed by atoms with Crippen molar-refractivity contribution in [2.75, 3.05) is 19.6 Å². The van der Waals surface area contributed by atoms with Gasteiger partial charge in [0.05, 0.1) is 6.54 Å². The molecule has 0 aliphatic carbocycles. The molecule has 2 amide bonds. The number of hydrogen-bond acceptors (Lipinski definition) is 4. The van der Waals surface area contributed by atoms with Gasteiger partial charge >= 0.3 is 6.09 Å². The molecule has 4 N–H and O–H groups in total. The van der Waals surface area contributed by atoms with E-state index in [1.165, 1.54) is 0 Å². The molecule has 0 atom stereocenters. The highest BCUT2D eigenvalue weighted by atomic mass is 16.6. The Bertz CT molecular complexity index is 249. The van der Waals surface area contributed by atoms with E-state index in [1.807, 2.05) is 20.8 Å². The van der Waals surface area contributed by atoms with Crippen molar-refractivity contribution in [2.24, 2.45) is 5.73 Å². The van der Waals surface area contributed by atoms with Crippen LogP contribution in [0.25, 0.3) is 0 Å². The van der Waals surface area contributed by atoms with Crippen LogP contribution in [0.1, 0.15) is 33.6 Å². The van der Waals surface area contributed by atoms with Crippen molar-refractivity contribution in [1.29, 1.82) is 0 Å². The summed E-state index contributed by atoms with van der Waals surface area (Å²) in [4.78, 5) is 21.6. The predicted molar refractivity (Wildman–Crippen MR) is 65.5 cm³/mol. The Morgan fingerprint density at radius 2 is 1.76 bits per heavy atom. The average Bonchev–Trinajstić information content (AvgIpc) is 2.12. The van der Waals surface area contributed by atoms with Gasteiger partial charge in [0, 0.05) is 6.54 Å². The van der Waals surface area contributed by atoms with Crippen molar-refractivity contribution >= 4 is 12.0 Å². The zero-order valence-corrected chi connectivity index (χ0v) is 10.8. The van der Waals surface area contributed by atoms with E-state index in [1.54, 1.807) is 0 Å². The minimum absolute atomic E-state index is 0.194. The molecule has 6 heteroatoms. The van der Waals surface area contributed by atoms with Crippen LogP contribution in [0.4, 0.5) is 4.79 Å². The molecule has 17 heavy (non-hydrogen) atoms. The van der Waals surface area contributed by atoms with Gasteiger partial charge in [-0.3, -0.25) is 4.79 Å². The lowest BCUT2D eigenvalue weighted by atomic mass is 10.2. The van der Waals surface area contributed by atoms with Crippen LogP contribution in [-0.4, -0.2) is 37.2 Å². The molecule has 0 fully saturated rings. The fourth-order valence-corrected chi connectivity index (χ4v) is 1.09. The summed E-state index contributed by atoms with van der Waals surface area (Å²) < 4.78 is 5.07. The van der Waals surface area contributed by atoms with Crippen LogP contribution >= 0.6 is 0 Å². The molecule has 0 saturated heterocycles. The van der Waals surface area contributed by atoms with Crippen LogP contribution in [0.15, 0.2) is 0 Å². The first kappa shape index (κ1) is 15.7. The second-order valence-corrected chi connectivity index (χ2v) is 4.78. The van der Waals surface area contributed by atoms with Crippen LogP contribution < -0.4 is 16.4 Å². The maximum absolute atomic E-state index is 11.2. The zero-order chi connectivity index (χ0) is 13.3. The van der Waals surface area contributed by atoms with Crippen LogP contribution in [0, 0.1) is 0 Å². The largest absolute Gasteiger partial charge is 0.444 e. The van der Waals surface area contributed by atoms with Gasteiger partial charge in [-0.1, -0.05) is 0 Å². The summed E-state index contributed by atoms with van der Waals surface area (Å²) in [7, 11) is 0. The van der Waals surface area contributed by atoms with Gasteiger partial charge < -0.3 is 21.1 Å². The zero-order valence-electron chi connectivity index (χ0n) is 10.8. The fraction of sp³-hybridized carbons (Fsp3) is 0.818. The number of carbonyl (C=O) groups is 2. The van der Waals surface area contributed by atoms with Crippen molar-refractivity contribution in [2.45, 2.75) is 39.2 Å². The van der Waals surface area contributed by atoms with Crippen molar-refractivity contribution in [1.82, 2.24) is 10.6 Å². The second kappa shape index (κ2) is 7.89. The molecule has 0 heterocycles. The van der Waals surface area contributed by atoms with E-state index in [0.29, 0.717) is 13.1 Å². The molecule has 0 aliphatic rings. The molecule has 0 saturated carbocycles.